The first-order valence-electron chi connectivity index (χ1n) is 7.26. The Morgan fingerprint density at radius 3 is 1.65 bits per heavy atom. The molecule has 17 heavy (non-hydrogen) atoms. The van der Waals surface area contributed by atoms with Gasteiger partial charge in [-0.15, -0.1) is 0 Å². The summed E-state index contributed by atoms with van der Waals surface area (Å²) >= 11 is 0. The van der Waals surface area contributed by atoms with E-state index >= 15 is 0 Å². The van der Waals surface area contributed by atoms with Gasteiger partial charge < -0.3 is 4.74 Å². The van der Waals surface area contributed by atoms with Gasteiger partial charge in [-0.05, 0) is 6.42 Å². The lowest BCUT2D eigenvalue weighted by Crippen LogP contribution is -1.97. The summed E-state index contributed by atoms with van der Waals surface area (Å²) in [5.74, 6) is -0.180. The fourth-order valence-corrected chi connectivity index (χ4v) is 2.01. The minimum atomic E-state index is -0.180. The molecule has 0 aromatic heterocycles. The van der Waals surface area contributed by atoms with Crippen LogP contribution in [0.3, 0.4) is 0 Å². The molecule has 0 saturated carbocycles. The van der Waals surface area contributed by atoms with Gasteiger partial charge in [0.2, 0.25) is 0 Å². The SMILES string of the molecule is [CH2]OC(=O)CCCCCCCCCCCCC. The molecule has 2 nitrogen and oxygen atoms in total. The van der Waals surface area contributed by atoms with E-state index in [1.54, 1.807) is 0 Å². The smallest absolute Gasteiger partial charge is 0.305 e. The van der Waals surface area contributed by atoms with Crippen LogP contribution in [0.1, 0.15) is 84.0 Å². The number of rotatable bonds is 12. The molecule has 0 aromatic carbocycles. The zero-order valence-corrected chi connectivity index (χ0v) is 11.5. The Hall–Kier alpha value is -0.530. The van der Waals surface area contributed by atoms with Gasteiger partial charge in [0.15, 0.2) is 0 Å². The average molecular weight is 241 g/mol. The highest BCUT2D eigenvalue weighted by molar-refractivity contribution is 5.69. The molecule has 0 fully saturated rings. The van der Waals surface area contributed by atoms with Crippen molar-refractivity contribution in [2.75, 3.05) is 0 Å². The summed E-state index contributed by atoms with van der Waals surface area (Å²) in [6.07, 6.45) is 14.8. The first kappa shape index (κ1) is 16.5. The Labute approximate surface area is 107 Å². The van der Waals surface area contributed by atoms with Gasteiger partial charge in [-0.1, -0.05) is 71.1 Å². The first-order chi connectivity index (χ1) is 8.31. The van der Waals surface area contributed by atoms with Crippen molar-refractivity contribution in [2.45, 2.75) is 84.0 Å². The minimum Gasteiger partial charge on any atom is -0.462 e. The molecule has 0 aliphatic carbocycles. The van der Waals surface area contributed by atoms with Gasteiger partial charge in [0.05, 0.1) is 0 Å². The van der Waals surface area contributed by atoms with E-state index in [-0.39, 0.29) is 5.97 Å². The molecule has 0 rings (SSSR count). The fraction of sp³-hybridized carbons (Fsp3) is 0.867. The molecule has 0 bridgehead atoms. The van der Waals surface area contributed by atoms with Crippen molar-refractivity contribution in [2.24, 2.45) is 0 Å². The van der Waals surface area contributed by atoms with E-state index in [9.17, 15) is 4.79 Å². The third-order valence-electron chi connectivity index (χ3n) is 3.15. The van der Waals surface area contributed by atoms with Crippen LogP contribution in [-0.2, 0) is 9.53 Å². The van der Waals surface area contributed by atoms with Crippen LogP contribution in [0.5, 0.6) is 0 Å². The van der Waals surface area contributed by atoms with Crippen LogP contribution in [-0.4, -0.2) is 5.97 Å². The van der Waals surface area contributed by atoms with Crippen LogP contribution in [0, 0.1) is 7.11 Å². The van der Waals surface area contributed by atoms with Gasteiger partial charge in [-0.3, -0.25) is 4.79 Å². The maximum Gasteiger partial charge on any atom is 0.305 e. The van der Waals surface area contributed by atoms with Gasteiger partial charge in [0.25, 0.3) is 0 Å². The highest BCUT2D eigenvalue weighted by atomic mass is 16.5. The van der Waals surface area contributed by atoms with E-state index in [1.165, 1.54) is 57.8 Å². The van der Waals surface area contributed by atoms with Crippen molar-refractivity contribution in [1.82, 2.24) is 0 Å². The van der Waals surface area contributed by atoms with E-state index < -0.39 is 0 Å². The van der Waals surface area contributed by atoms with Gasteiger partial charge in [0, 0.05) is 6.42 Å². The monoisotopic (exact) mass is 241 g/mol. The lowest BCUT2D eigenvalue weighted by atomic mass is 10.1. The molecule has 0 aliphatic heterocycles. The normalized spacial score (nSPS) is 10.5. The number of ether oxygens (including phenoxy) is 1. The fourth-order valence-electron chi connectivity index (χ4n) is 2.01. The Bertz CT molecular complexity index is 166. The maximum atomic E-state index is 10.8. The minimum absolute atomic E-state index is 0.180. The molecule has 0 aliphatic rings. The van der Waals surface area contributed by atoms with Gasteiger partial charge >= 0.3 is 5.97 Å². The number of hydrogen-bond donors (Lipinski definition) is 0. The molecule has 0 heterocycles. The highest BCUT2D eigenvalue weighted by Gasteiger charge is 1.99. The zero-order valence-electron chi connectivity index (χ0n) is 11.5. The van der Waals surface area contributed by atoms with Gasteiger partial charge in [-0.25, -0.2) is 0 Å². The number of esters is 1. The number of hydrogen-bond acceptors (Lipinski definition) is 2. The Balaban J connectivity index is 2.96. The van der Waals surface area contributed by atoms with Crippen LogP contribution in [0.25, 0.3) is 0 Å². The largest absolute Gasteiger partial charge is 0.462 e. The van der Waals surface area contributed by atoms with Crippen molar-refractivity contribution in [1.29, 1.82) is 0 Å². The zero-order chi connectivity index (χ0) is 12.8. The second-order valence-corrected chi connectivity index (χ2v) is 4.80. The first-order valence-corrected chi connectivity index (χ1v) is 7.26. The van der Waals surface area contributed by atoms with Gasteiger partial charge in [0.1, 0.15) is 7.11 Å². The van der Waals surface area contributed by atoms with Crippen LogP contribution in [0.2, 0.25) is 0 Å². The Morgan fingerprint density at radius 2 is 1.24 bits per heavy atom. The summed E-state index contributed by atoms with van der Waals surface area (Å²) in [6.45, 7) is 2.25. The number of unbranched alkanes of at least 4 members (excludes halogenated alkanes) is 10. The quantitative estimate of drug-likeness (QED) is 0.354. The third-order valence-corrected chi connectivity index (χ3v) is 3.15. The summed E-state index contributed by atoms with van der Waals surface area (Å²) in [6, 6.07) is 0. The summed E-state index contributed by atoms with van der Waals surface area (Å²) in [4.78, 5) is 10.8. The predicted molar refractivity (Wildman–Crippen MR) is 72.5 cm³/mol. The van der Waals surface area contributed by atoms with E-state index in [0.29, 0.717) is 6.42 Å². The van der Waals surface area contributed by atoms with E-state index in [0.717, 1.165) is 12.8 Å². The second-order valence-electron chi connectivity index (χ2n) is 4.80. The molecule has 0 N–H and O–H groups in total. The van der Waals surface area contributed by atoms with Crippen molar-refractivity contribution in [3.8, 4) is 0 Å². The molecule has 0 amide bonds. The lowest BCUT2D eigenvalue weighted by Gasteiger charge is -2.02. The van der Waals surface area contributed by atoms with Gasteiger partial charge in [-0.2, -0.15) is 0 Å². The molecule has 101 valence electrons. The third kappa shape index (κ3) is 13.4. The molecular weight excluding hydrogens is 212 g/mol. The van der Waals surface area contributed by atoms with Crippen LogP contribution in [0.15, 0.2) is 0 Å². The molecule has 0 atom stereocenters. The second kappa shape index (κ2) is 13.5. The molecule has 2 heteroatoms. The number of carbonyl (C=O) groups is 1. The van der Waals surface area contributed by atoms with Crippen LogP contribution >= 0.6 is 0 Å². The standard InChI is InChI=1S/C15H29O2/c1-3-4-5-6-7-8-9-10-11-12-13-14-15(16)17-2/h2-14H2,1H3. The molecular formula is C15H29O2. The van der Waals surface area contributed by atoms with E-state index in [2.05, 4.69) is 18.8 Å². The van der Waals surface area contributed by atoms with Crippen LogP contribution in [0.4, 0.5) is 0 Å². The summed E-state index contributed by atoms with van der Waals surface area (Å²) in [5, 5.41) is 0. The van der Waals surface area contributed by atoms with Crippen molar-refractivity contribution >= 4 is 5.97 Å². The molecule has 0 spiro atoms. The summed E-state index contributed by atoms with van der Waals surface area (Å²) < 4.78 is 4.35. The Kier molecular flexibility index (Phi) is 13.1. The predicted octanol–water partition coefficient (Wildman–Crippen LogP) is 5.02. The van der Waals surface area contributed by atoms with E-state index in [4.69, 9.17) is 0 Å². The molecule has 1 radical (unpaired) electrons. The molecule has 0 unspecified atom stereocenters. The number of carbonyl (C=O) groups excluding carboxylic acids is 1. The van der Waals surface area contributed by atoms with Crippen molar-refractivity contribution in [3.63, 3.8) is 0 Å². The van der Waals surface area contributed by atoms with Crippen molar-refractivity contribution in [3.05, 3.63) is 7.11 Å². The molecule has 0 saturated heterocycles. The summed E-state index contributed by atoms with van der Waals surface area (Å²) in [7, 11) is 3.11. The van der Waals surface area contributed by atoms with Crippen molar-refractivity contribution < 1.29 is 9.53 Å². The van der Waals surface area contributed by atoms with E-state index in [1.807, 2.05) is 0 Å². The summed E-state index contributed by atoms with van der Waals surface area (Å²) in [5.41, 5.74) is 0. The van der Waals surface area contributed by atoms with Crippen LogP contribution < -0.4 is 0 Å². The Morgan fingerprint density at radius 1 is 0.824 bits per heavy atom. The highest BCUT2D eigenvalue weighted by Crippen LogP contribution is 2.11. The molecule has 0 aromatic rings. The topological polar surface area (TPSA) is 26.3 Å². The maximum absolute atomic E-state index is 10.8. The average Bonchev–Trinajstić information content (AvgIpc) is 2.35. The lowest BCUT2D eigenvalue weighted by molar-refractivity contribution is -0.138.